The van der Waals surface area contributed by atoms with Gasteiger partial charge in [-0.05, 0) is 19.9 Å². The maximum absolute atomic E-state index is 14.7. The quantitative estimate of drug-likeness (QED) is 0.300. The SMILES string of the molecule is Cc1ncc(-c2c(C(F)F)ccc(Cl)c2F)nc1C(=O)Nc1cnn(Cc2cnc(N3CC(F)(F)C3)c(C)n2)c1. The number of nitrogens with one attached hydrogen (secondary N) is 1. The van der Waals surface area contributed by atoms with Crippen molar-refractivity contribution in [2.24, 2.45) is 0 Å². The number of benzene rings is 1. The van der Waals surface area contributed by atoms with Crippen molar-refractivity contribution in [3.8, 4) is 11.3 Å². The lowest BCUT2D eigenvalue weighted by molar-refractivity contribution is -0.0268. The fourth-order valence-electron chi connectivity index (χ4n) is 4.24. The van der Waals surface area contributed by atoms with Crippen molar-refractivity contribution in [2.45, 2.75) is 32.7 Å². The zero-order valence-electron chi connectivity index (χ0n) is 21.0. The molecule has 0 spiro atoms. The number of hydrogen-bond acceptors (Lipinski definition) is 7. The van der Waals surface area contributed by atoms with Crippen LogP contribution in [0.1, 0.15) is 39.6 Å². The molecule has 1 fully saturated rings. The Morgan fingerprint density at radius 3 is 2.52 bits per heavy atom. The number of aryl methyl sites for hydroxylation is 2. The highest BCUT2D eigenvalue weighted by molar-refractivity contribution is 6.31. The van der Waals surface area contributed by atoms with E-state index in [-0.39, 0.29) is 34.3 Å². The minimum Gasteiger partial charge on any atom is -0.343 e. The van der Waals surface area contributed by atoms with Gasteiger partial charge in [0.15, 0.2) is 5.82 Å². The van der Waals surface area contributed by atoms with Gasteiger partial charge in [-0.2, -0.15) is 5.10 Å². The first-order chi connectivity index (χ1) is 18.9. The van der Waals surface area contributed by atoms with Gasteiger partial charge in [-0.25, -0.2) is 31.9 Å². The summed E-state index contributed by atoms with van der Waals surface area (Å²) in [7, 11) is 0. The fourth-order valence-corrected chi connectivity index (χ4v) is 4.39. The zero-order chi connectivity index (χ0) is 28.8. The second-order valence-corrected chi connectivity index (χ2v) is 9.59. The number of amides is 1. The molecule has 1 amide bonds. The molecule has 0 bridgehead atoms. The highest BCUT2D eigenvalue weighted by Crippen LogP contribution is 2.36. The van der Waals surface area contributed by atoms with Gasteiger partial charge in [-0.15, -0.1) is 0 Å². The van der Waals surface area contributed by atoms with Crippen molar-refractivity contribution in [3.05, 3.63) is 76.1 Å². The van der Waals surface area contributed by atoms with Crippen LogP contribution in [0.4, 0.5) is 33.5 Å². The van der Waals surface area contributed by atoms with Crippen molar-refractivity contribution in [1.82, 2.24) is 29.7 Å². The molecule has 1 N–H and O–H groups in total. The number of nitrogens with zero attached hydrogens (tertiary/aromatic N) is 7. The van der Waals surface area contributed by atoms with Crippen molar-refractivity contribution in [1.29, 1.82) is 0 Å². The lowest BCUT2D eigenvalue weighted by atomic mass is 10.0. The Balaban J connectivity index is 1.31. The average Bonchev–Trinajstić information content (AvgIpc) is 3.31. The molecule has 1 saturated heterocycles. The monoisotopic (exact) mass is 578 g/mol. The molecule has 208 valence electrons. The van der Waals surface area contributed by atoms with E-state index in [4.69, 9.17) is 11.6 Å². The van der Waals surface area contributed by atoms with Crippen LogP contribution in [0.3, 0.4) is 0 Å². The fraction of sp³-hybridized carbons (Fsp3) is 0.280. The van der Waals surface area contributed by atoms with E-state index in [0.29, 0.717) is 17.2 Å². The number of hydrogen-bond donors (Lipinski definition) is 1. The number of anilines is 2. The Hall–Kier alpha value is -4.20. The largest absolute Gasteiger partial charge is 0.343 e. The van der Waals surface area contributed by atoms with Crippen molar-refractivity contribution >= 4 is 29.0 Å². The van der Waals surface area contributed by atoms with Crippen LogP contribution in [0.25, 0.3) is 11.3 Å². The first-order valence-corrected chi connectivity index (χ1v) is 12.2. The van der Waals surface area contributed by atoms with Gasteiger partial charge >= 0.3 is 0 Å². The molecule has 40 heavy (non-hydrogen) atoms. The Morgan fingerprint density at radius 2 is 1.85 bits per heavy atom. The van der Waals surface area contributed by atoms with Crippen LogP contribution in [0, 0.1) is 19.7 Å². The first kappa shape index (κ1) is 27.4. The van der Waals surface area contributed by atoms with E-state index in [2.05, 4.69) is 30.4 Å². The van der Waals surface area contributed by atoms with Gasteiger partial charge in [0.2, 0.25) is 0 Å². The van der Waals surface area contributed by atoms with E-state index in [1.807, 2.05) is 0 Å². The van der Waals surface area contributed by atoms with Crippen LogP contribution in [-0.4, -0.2) is 54.6 Å². The van der Waals surface area contributed by atoms with Crippen LogP contribution < -0.4 is 10.2 Å². The number of halogens is 6. The molecular weight excluding hydrogens is 559 g/mol. The second kappa shape index (κ2) is 10.4. The number of alkyl halides is 4. The summed E-state index contributed by atoms with van der Waals surface area (Å²) in [6.07, 6.45) is 2.42. The second-order valence-electron chi connectivity index (χ2n) is 9.18. The average molecular weight is 579 g/mol. The van der Waals surface area contributed by atoms with Crippen molar-refractivity contribution in [2.75, 3.05) is 23.3 Å². The highest BCUT2D eigenvalue weighted by atomic mass is 35.5. The van der Waals surface area contributed by atoms with Crippen LogP contribution in [0.2, 0.25) is 5.02 Å². The topological polar surface area (TPSA) is 102 Å². The third-order valence-corrected chi connectivity index (χ3v) is 6.41. The standard InChI is InChI=1S/C25H20ClF5N8O/c1-12-21(37-18(7-32-12)19-16(22(28)29)3-4-17(26)20(19)27)24(40)36-15-6-34-39(9-15)8-14-5-33-23(13(2)35-14)38-10-25(30,31)11-38/h3-7,9,22H,8,10-11H2,1-2H3,(H,36,40). The third-order valence-electron chi connectivity index (χ3n) is 6.12. The van der Waals surface area contributed by atoms with Gasteiger partial charge in [-0.3, -0.25) is 19.4 Å². The van der Waals surface area contributed by atoms with Crippen molar-refractivity contribution in [3.63, 3.8) is 0 Å². The molecule has 1 aliphatic heterocycles. The molecule has 0 aliphatic carbocycles. The van der Waals surface area contributed by atoms with Crippen molar-refractivity contribution < 1.29 is 26.7 Å². The molecule has 4 aromatic rings. The molecule has 0 radical (unpaired) electrons. The highest BCUT2D eigenvalue weighted by Gasteiger charge is 2.45. The molecule has 1 aliphatic rings. The summed E-state index contributed by atoms with van der Waals surface area (Å²) in [5.74, 6) is -4.16. The molecule has 5 rings (SSSR count). The summed E-state index contributed by atoms with van der Waals surface area (Å²) in [6.45, 7) is 2.53. The molecular formula is C25H20ClF5N8O. The summed E-state index contributed by atoms with van der Waals surface area (Å²) in [5.41, 5.74) is -0.192. The summed E-state index contributed by atoms with van der Waals surface area (Å²) in [5, 5.41) is 6.39. The molecule has 9 nitrogen and oxygen atoms in total. The van der Waals surface area contributed by atoms with Gasteiger partial charge in [0, 0.05) is 17.3 Å². The normalized spacial score (nSPS) is 14.4. The lowest BCUT2D eigenvalue weighted by Crippen LogP contribution is -2.57. The van der Waals surface area contributed by atoms with E-state index in [9.17, 15) is 26.7 Å². The van der Waals surface area contributed by atoms with E-state index >= 15 is 0 Å². The van der Waals surface area contributed by atoms with Crippen LogP contribution >= 0.6 is 11.6 Å². The Labute approximate surface area is 229 Å². The summed E-state index contributed by atoms with van der Waals surface area (Å²) in [4.78, 5) is 31.2. The summed E-state index contributed by atoms with van der Waals surface area (Å²) < 4.78 is 69.7. The Bertz CT molecular complexity index is 1600. The lowest BCUT2D eigenvalue weighted by Gasteiger charge is -2.39. The predicted molar refractivity (Wildman–Crippen MR) is 135 cm³/mol. The Morgan fingerprint density at radius 1 is 1.10 bits per heavy atom. The van der Waals surface area contributed by atoms with E-state index in [0.717, 1.165) is 18.3 Å². The number of carbonyl (C=O) groups excluding carboxylic acids is 1. The Kier molecular flexibility index (Phi) is 7.12. The smallest absolute Gasteiger partial charge is 0.282 e. The van der Waals surface area contributed by atoms with Gasteiger partial charge in [0.05, 0.1) is 71.7 Å². The molecule has 3 aromatic heterocycles. The maximum Gasteiger partial charge on any atom is 0.282 e. The number of carbonyl (C=O) groups is 1. The number of aromatic nitrogens is 6. The van der Waals surface area contributed by atoms with Gasteiger partial charge in [0.25, 0.3) is 18.3 Å². The van der Waals surface area contributed by atoms with Gasteiger partial charge in [0.1, 0.15) is 11.5 Å². The van der Waals surface area contributed by atoms with E-state index < -0.39 is 48.3 Å². The molecule has 4 heterocycles. The third kappa shape index (κ3) is 5.43. The van der Waals surface area contributed by atoms with E-state index in [1.165, 1.54) is 35.1 Å². The number of rotatable bonds is 7. The zero-order valence-corrected chi connectivity index (χ0v) is 21.7. The maximum atomic E-state index is 14.7. The first-order valence-electron chi connectivity index (χ1n) is 11.8. The summed E-state index contributed by atoms with van der Waals surface area (Å²) >= 11 is 5.80. The minimum atomic E-state index is -3.02. The summed E-state index contributed by atoms with van der Waals surface area (Å²) in [6, 6.07) is 2.01. The molecule has 0 atom stereocenters. The van der Waals surface area contributed by atoms with E-state index in [1.54, 1.807) is 6.92 Å². The molecule has 15 heteroatoms. The van der Waals surface area contributed by atoms with Crippen LogP contribution in [0.5, 0.6) is 0 Å². The predicted octanol–water partition coefficient (Wildman–Crippen LogP) is 5.23. The minimum absolute atomic E-state index is 0.179. The van der Waals surface area contributed by atoms with Gasteiger partial charge < -0.3 is 10.2 Å². The molecule has 0 unspecified atom stereocenters. The molecule has 0 saturated carbocycles. The van der Waals surface area contributed by atoms with Crippen LogP contribution in [0.15, 0.2) is 36.9 Å². The molecule has 1 aromatic carbocycles. The van der Waals surface area contributed by atoms with Crippen LogP contribution in [-0.2, 0) is 6.54 Å². The van der Waals surface area contributed by atoms with Gasteiger partial charge in [-0.1, -0.05) is 17.7 Å².